The molecule has 0 saturated carbocycles. The second-order valence-electron chi connectivity index (χ2n) is 7.42. The molecule has 8 nitrogen and oxygen atoms in total. The van der Waals surface area contributed by atoms with E-state index in [4.69, 9.17) is 23.7 Å². The smallest absolute Gasteiger partial charge is 0.286 e. The van der Waals surface area contributed by atoms with Crippen molar-refractivity contribution in [1.29, 1.82) is 0 Å². The number of thioether (sulfide) groups is 1. The lowest BCUT2D eigenvalue weighted by molar-refractivity contribution is -0.118. The van der Waals surface area contributed by atoms with Gasteiger partial charge < -0.3 is 23.7 Å². The Kier molecular flexibility index (Phi) is 8.32. The molecule has 3 rings (SSSR count). The van der Waals surface area contributed by atoms with Crippen LogP contribution in [-0.4, -0.2) is 51.4 Å². The van der Waals surface area contributed by atoms with Gasteiger partial charge in [0.15, 0.2) is 11.5 Å². The zero-order chi connectivity index (χ0) is 24.0. The molecule has 0 radical (unpaired) electrons. The molecule has 2 aromatic carbocycles. The minimum absolute atomic E-state index is 0.233. The summed E-state index contributed by atoms with van der Waals surface area (Å²) in [6.45, 7) is 2.47. The molecule has 0 spiro atoms. The molecule has 1 atom stereocenters. The van der Waals surface area contributed by atoms with Gasteiger partial charge in [-0.1, -0.05) is 23.9 Å². The largest absolute Gasteiger partial charge is 0.494 e. The van der Waals surface area contributed by atoms with Gasteiger partial charge in [0.25, 0.3) is 5.24 Å². The molecule has 178 valence electrons. The molecule has 2 amide bonds. The third-order valence-corrected chi connectivity index (χ3v) is 6.44. The lowest BCUT2D eigenvalue weighted by atomic mass is 10.00. The number of imide groups is 1. The highest BCUT2D eigenvalue weighted by atomic mass is 32.2. The van der Waals surface area contributed by atoms with Crippen LogP contribution < -0.4 is 29.0 Å². The lowest BCUT2D eigenvalue weighted by Gasteiger charge is -2.21. The van der Waals surface area contributed by atoms with Gasteiger partial charge in [-0.2, -0.15) is 0 Å². The Balaban J connectivity index is 1.60. The van der Waals surface area contributed by atoms with Crippen molar-refractivity contribution in [3.8, 4) is 28.7 Å². The van der Waals surface area contributed by atoms with Crippen LogP contribution in [0.15, 0.2) is 24.3 Å². The summed E-state index contributed by atoms with van der Waals surface area (Å²) in [4.78, 5) is 23.0. The van der Waals surface area contributed by atoms with Gasteiger partial charge in [0.05, 0.1) is 40.3 Å². The SMILES string of the molecule is COc1c(C)c(CCCOc2ccc(CC3SC(=O)NC3=O)cc2)c(OC)c(OC)c1OC. The Morgan fingerprint density at radius 1 is 0.879 bits per heavy atom. The quantitative estimate of drug-likeness (QED) is 0.489. The highest BCUT2D eigenvalue weighted by Crippen LogP contribution is 2.49. The minimum Gasteiger partial charge on any atom is -0.494 e. The van der Waals surface area contributed by atoms with Crippen LogP contribution >= 0.6 is 11.8 Å². The average Bonchev–Trinajstić information content (AvgIpc) is 3.13. The first-order valence-corrected chi connectivity index (χ1v) is 11.4. The third kappa shape index (κ3) is 5.47. The molecule has 1 aliphatic heterocycles. The fourth-order valence-electron chi connectivity index (χ4n) is 3.86. The average molecular weight is 476 g/mol. The second kappa shape index (κ2) is 11.2. The molecule has 0 aliphatic carbocycles. The summed E-state index contributed by atoms with van der Waals surface area (Å²) >= 11 is 1.03. The molecule has 1 saturated heterocycles. The topological polar surface area (TPSA) is 92.3 Å². The van der Waals surface area contributed by atoms with E-state index in [0.717, 1.165) is 40.6 Å². The summed E-state index contributed by atoms with van der Waals surface area (Å²) < 4.78 is 28.1. The number of nitrogens with one attached hydrogen (secondary N) is 1. The van der Waals surface area contributed by atoms with Gasteiger partial charge >= 0.3 is 0 Å². The van der Waals surface area contributed by atoms with Crippen LogP contribution in [0.4, 0.5) is 4.79 Å². The highest BCUT2D eigenvalue weighted by Gasteiger charge is 2.31. The van der Waals surface area contributed by atoms with E-state index >= 15 is 0 Å². The predicted molar refractivity (Wildman–Crippen MR) is 126 cm³/mol. The van der Waals surface area contributed by atoms with Gasteiger partial charge in [-0.15, -0.1) is 0 Å². The fourth-order valence-corrected chi connectivity index (χ4v) is 4.72. The van der Waals surface area contributed by atoms with Crippen LogP contribution in [0.5, 0.6) is 28.7 Å². The highest BCUT2D eigenvalue weighted by molar-refractivity contribution is 8.15. The summed E-state index contributed by atoms with van der Waals surface area (Å²) in [6, 6.07) is 7.58. The van der Waals surface area contributed by atoms with Crippen LogP contribution in [0.3, 0.4) is 0 Å². The van der Waals surface area contributed by atoms with E-state index in [-0.39, 0.29) is 16.4 Å². The van der Waals surface area contributed by atoms with E-state index in [2.05, 4.69) is 5.32 Å². The van der Waals surface area contributed by atoms with Crippen molar-refractivity contribution in [2.45, 2.75) is 31.4 Å². The van der Waals surface area contributed by atoms with E-state index in [1.165, 1.54) is 0 Å². The van der Waals surface area contributed by atoms with Crippen molar-refractivity contribution >= 4 is 22.9 Å². The first-order chi connectivity index (χ1) is 15.9. The fraction of sp³-hybridized carbons (Fsp3) is 0.417. The number of benzene rings is 2. The normalized spacial score (nSPS) is 15.2. The van der Waals surface area contributed by atoms with Crippen molar-refractivity contribution in [3.05, 3.63) is 41.0 Å². The molecule has 0 bridgehead atoms. The van der Waals surface area contributed by atoms with Crippen LogP contribution in [-0.2, 0) is 17.6 Å². The van der Waals surface area contributed by atoms with Crippen molar-refractivity contribution in [1.82, 2.24) is 5.32 Å². The maximum atomic E-state index is 11.7. The number of hydrogen-bond acceptors (Lipinski definition) is 8. The first-order valence-electron chi connectivity index (χ1n) is 10.5. The van der Waals surface area contributed by atoms with E-state index < -0.39 is 0 Å². The molecular formula is C24H29NO7S. The van der Waals surface area contributed by atoms with Crippen molar-refractivity contribution in [3.63, 3.8) is 0 Å². The molecule has 2 aromatic rings. The zero-order valence-electron chi connectivity index (χ0n) is 19.5. The molecule has 1 N–H and O–H groups in total. The molecule has 0 aromatic heterocycles. The summed E-state index contributed by atoms with van der Waals surface area (Å²) in [6.07, 6.45) is 1.95. The number of amides is 2. The van der Waals surface area contributed by atoms with E-state index in [1.54, 1.807) is 28.4 Å². The van der Waals surface area contributed by atoms with Crippen LogP contribution in [0.1, 0.15) is 23.1 Å². The Morgan fingerprint density at radius 3 is 2.03 bits per heavy atom. The molecular weight excluding hydrogens is 446 g/mol. The minimum atomic E-state index is -0.374. The zero-order valence-corrected chi connectivity index (χ0v) is 20.3. The lowest BCUT2D eigenvalue weighted by Crippen LogP contribution is -2.25. The number of carbonyl (C=O) groups excluding carboxylic acids is 2. The number of rotatable bonds is 11. The summed E-state index contributed by atoms with van der Waals surface area (Å²) in [7, 11) is 6.34. The maximum Gasteiger partial charge on any atom is 0.286 e. The Hall–Kier alpha value is -3.07. The standard InChI is InChI=1S/C24H29NO7S/c1-14-17(20(29-3)22(31-5)21(30-4)19(14)28-2)7-6-12-32-16-10-8-15(9-11-16)13-18-23(26)25-24(27)33-18/h8-11,18H,6-7,12-13H2,1-5H3,(H,25,26,27). The van der Waals surface area contributed by atoms with Gasteiger partial charge in [-0.25, -0.2) is 0 Å². The maximum absolute atomic E-state index is 11.7. The Labute approximate surface area is 197 Å². The summed E-state index contributed by atoms with van der Waals surface area (Å²) in [5.74, 6) is 2.77. The first kappa shape index (κ1) is 24.6. The number of ether oxygens (including phenoxy) is 5. The molecule has 1 heterocycles. The van der Waals surface area contributed by atoms with Crippen LogP contribution in [0.2, 0.25) is 0 Å². The third-order valence-electron chi connectivity index (χ3n) is 5.45. The Bertz CT molecular complexity index is 1010. The van der Waals surface area contributed by atoms with Gasteiger partial charge in [-0.05, 0) is 43.9 Å². The van der Waals surface area contributed by atoms with Gasteiger partial charge in [0, 0.05) is 11.1 Å². The van der Waals surface area contributed by atoms with Crippen molar-refractivity contribution < 1.29 is 33.3 Å². The number of hydrogen-bond donors (Lipinski definition) is 1. The van der Waals surface area contributed by atoms with Gasteiger partial charge in [-0.3, -0.25) is 14.9 Å². The van der Waals surface area contributed by atoms with Crippen LogP contribution in [0.25, 0.3) is 0 Å². The van der Waals surface area contributed by atoms with Crippen molar-refractivity contribution in [2.75, 3.05) is 35.0 Å². The molecule has 1 fully saturated rings. The van der Waals surface area contributed by atoms with E-state index in [9.17, 15) is 9.59 Å². The molecule has 1 unspecified atom stereocenters. The monoisotopic (exact) mass is 475 g/mol. The molecule has 9 heteroatoms. The van der Waals surface area contributed by atoms with E-state index in [0.29, 0.717) is 42.4 Å². The van der Waals surface area contributed by atoms with E-state index in [1.807, 2.05) is 31.2 Å². The van der Waals surface area contributed by atoms with Crippen molar-refractivity contribution in [2.24, 2.45) is 0 Å². The summed E-state index contributed by atoms with van der Waals surface area (Å²) in [5, 5.41) is 1.65. The second-order valence-corrected chi connectivity index (χ2v) is 8.60. The van der Waals surface area contributed by atoms with Crippen LogP contribution in [0, 0.1) is 6.92 Å². The Morgan fingerprint density at radius 2 is 1.48 bits per heavy atom. The molecule has 1 aliphatic rings. The summed E-state index contributed by atoms with van der Waals surface area (Å²) in [5.41, 5.74) is 2.89. The predicted octanol–water partition coefficient (Wildman–Crippen LogP) is 3.94. The van der Waals surface area contributed by atoms with Gasteiger partial charge in [0.2, 0.25) is 17.4 Å². The number of carbonyl (C=O) groups is 2. The van der Waals surface area contributed by atoms with Gasteiger partial charge in [0.1, 0.15) is 5.75 Å². The number of methoxy groups -OCH3 is 4. The molecule has 33 heavy (non-hydrogen) atoms.